The zero-order chi connectivity index (χ0) is 24.8. The molecule has 0 radical (unpaired) electrons. The van der Waals surface area contributed by atoms with Crippen molar-refractivity contribution in [3.8, 4) is 0 Å². The number of rotatable bonds is 10. The van der Waals surface area contributed by atoms with Gasteiger partial charge in [-0.05, 0) is 31.0 Å². The molecule has 2 rings (SSSR count). The van der Waals surface area contributed by atoms with Crippen molar-refractivity contribution in [2.75, 3.05) is 32.0 Å². The van der Waals surface area contributed by atoms with Gasteiger partial charge in [0.2, 0.25) is 11.8 Å². The lowest BCUT2D eigenvalue weighted by atomic mass is 10.1. The molecule has 2 amide bonds. The molecule has 0 saturated heterocycles. The van der Waals surface area contributed by atoms with E-state index in [2.05, 4.69) is 5.32 Å². The van der Waals surface area contributed by atoms with Crippen LogP contribution in [-0.4, -0.2) is 63.2 Å². The monoisotopic (exact) mass is 478 g/mol. The van der Waals surface area contributed by atoms with Crippen LogP contribution >= 0.6 is 0 Å². The van der Waals surface area contributed by atoms with Crippen molar-refractivity contribution in [2.45, 2.75) is 32.9 Å². The fourth-order valence-electron chi connectivity index (χ4n) is 3.33. The molecular weight excluding hydrogens is 447 g/mol. The Bertz CT molecular complexity index is 1070. The molecule has 0 aliphatic heterocycles. The van der Waals surface area contributed by atoms with Gasteiger partial charge in [-0.15, -0.1) is 0 Å². The SMILES string of the molecule is CCC(C(=O)NC)N(Cc1ccc(C)cc1)C(=O)CN(c1ccccc1F)S(=O)(=O)N(C)C. The highest BCUT2D eigenvalue weighted by Gasteiger charge is 2.34. The van der Waals surface area contributed by atoms with E-state index in [0.29, 0.717) is 6.42 Å². The zero-order valence-electron chi connectivity index (χ0n) is 19.6. The summed E-state index contributed by atoms with van der Waals surface area (Å²) in [5, 5.41) is 2.56. The Morgan fingerprint density at radius 2 is 1.67 bits per heavy atom. The van der Waals surface area contributed by atoms with Gasteiger partial charge in [0.15, 0.2) is 0 Å². The molecule has 0 bridgehead atoms. The number of carbonyl (C=O) groups is 2. The quantitative estimate of drug-likeness (QED) is 0.568. The summed E-state index contributed by atoms with van der Waals surface area (Å²) in [5.74, 6) is -1.77. The van der Waals surface area contributed by atoms with Crippen LogP contribution in [-0.2, 0) is 26.3 Å². The van der Waals surface area contributed by atoms with Crippen LogP contribution < -0.4 is 9.62 Å². The fraction of sp³-hybridized carbons (Fsp3) is 0.391. The maximum absolute atomic E-state index is 14.6. The number of likely N-dealkylation sites (N-methyl/N-ethyl adjacent to an activating group) is 1. The average Bonchev–Trinajstić information content (AvgIpc) is 2.78. The molecule has 0 aliphatic rings. The van der Waals surface area contributed by atoms with Crippen molar-refractivity contribution in [3.63, 3.8) is 0 Å². The molecule has 10 heteroatoms. The first-order valence-corrected chi connectivity index (χ1v) is 11.9. The third-order valence-electron chi connectivity index (χ3n) is 5.25. The maximum atomic E-state index is 14.6. The second-order valence-electron chi connectivity index (χ2n) is 7.79. The normalized spacial score (nSPS) is 12.3. The fourth-order valence-corrected chi connectivity index (χ4v) is 4.40. The van der Waals surface area contributed by atoms with E-state index in [1.54, 1.807) is 6.92 Å². The number of nitrogens with zero attached hydrogens (tertiary/aromatic N) is 3. The lowest BCUT2D eigenvalue weighted by Gasteiger charge is -2.33. The summed E-state index contributed by atoms with van der Waals surface area (Å²) in [6.07, 6.45) is 0.317. The summed E-state index contributed by atoms with van der Waals surface area (Å²) < 4.78 is 42.2. The van der Waals surface area contributed by atoms with Gasteiger partial charge >= 0.3 is 10.2 Å². The first-order valence-electron chi connectivity index (χ1n) is 10.5. The number of benzene rings is 2. The molecule has 8 nitrogen and oxygen atoms in total. The Morgan fingerprint density at radius 1 is 1.06 bits per heavy atom. The van der Waals surface area contributed by atoms with E-state index in [0.717, 1.165) is 25.8 Å². The second kappa shape index (κ2) is 11.2. The van der Waals surface area contributed by atoms with Crippen LogP contribution in [0.3, 0.4) is 0 Å². The third kappa shape index (κ3) is 6.29. The van der Waals surface area contributed by atoms with Crippen LogP contribution in [0.2, 0.25) is 0 Å². The molecule has 33 heavy (non-hydrogen) atoms. The number of anilines is 1. The van der Waals surface area contributed by atoms with E-state index in [4.69, 9.17) is 0 Å². The van der Waals surface area contributed by atoms with Crippen LogP contribution in [0.5, 0.6) is 0 Å². The predicted octanol–water partition coefficient (Wildman–Crippen LogP) is 2.30. The minimum absolute atomic E-state index is 0.0954. The smallest absolute Gasteiger partial charge is 0.304 e. The van der Waals surface area contributed by atoms with Gasteiger partial charge in [-0.1, -0.05) is 48.9 Å². The van der Waals surface area contributed by atoms with Crippen molar-refractivity contribution in [2.24, 2.45) is 0 Å². The van der Waals surface area contributed by atoms with E-state index in [9.17, 15) is 22.4 Å². The molecule has 0 fully saturated rings. The number of hydrogen-bond acceptors (Lipinski definition) is 4. The lowest BCUT2D eigenvalue weighted by Crippen LogP contribution is -2.53. The second-order valence-corrected chi connectivity index (χ2v) is 9.86. The van der Waals surface area contributed by atoms with E-state index in [1.165, 1.54) is 44.2 Å². The van der Waals surface area contributed by atoms with E-state index >= 15 is 0 Å². The molecule has 1 N–H and O–H groups in total. The number of aryl methyl sites for hydroxylation is 1. The Morgan fingerprint density at radius 3 is 2.18 bits per heavy atom. The van der Waals surface area contributed by atoms with Crippen molar-refractivity contribution >= 4 is 27.7 Å². The number of carbonyl (C=O) groups excluding carboxylic acids is 2. The molecule has 0 spiro atoms. The molecule has 1 atom stereocenters. The van der Waals surface area contributed by atoms with E-state index < -0.39 is 34.5 Å². The van der Waals surface area contributed by atoms with Crippen molar-refractivity contribution in [1.29, 1.82) is 0 Å². The van der Waals surface area contributed by atoms with Gasteiger partial charge < -0.3 is 10.2 Å². The highest BCUT2D eigenvalue weighted by molar-refractivity contribution is 7.90. The highest BCUT2D eigenvalue weighted by Crippen LogP contribution is 2.24. The molecule has 0 aliphatic carbocycles. The molecule has 2 aromatic carbocycles. The summed E-state index contributed by atoms with van der Waals surface area (Å²) >= 11 is 0. The topological polar surface area (TPSA) is 90.0 Å². The number of hydrogen-bond donors (Lipinski definition) is 1. The molecule has 2 aromatic rings. The number of amides is 2. The average molecular weight is 479 g/mol. The summed E-state index contributed by atoms with van der Waals surface area (Å²) in [7, 11) is -0.122. The Kier molecular flexibility index (Phi) is 8.95. The maximum Gasteiger partial charge on any atom is 0.304 e. The highest BCUT2D eigenvalue weighted by atomic mass is 32.2. The summed E-state index contributed by atoms with van der Waals surface area (Å²) in [4.78, 5) is 27.4. The minimum Gasteiger partial charge on any atom is -0.357 e. The molecule has 0 aromatic heterocycles. The van der Waals surface area contributed by atoms with E-state index in [1.807, 2.05) is 31.2 Å². The Labute approximate surface area is 195 Å². The van der Waals surface area contributed by atoms with Crippen LogP contribution in [0.15, 0.2) is 48.5 Å². The number of para-hydroxylation sites is 1. The number of halogens is 1. The van der Waals surface area contributed by atoms with Gasteiger partial charge in [0.25, 0.3) is 0 Å². The predicted molar refractivity (Wildman–Crippen MR) is 126 cm³/mol. The van der Waals surface area contributed by atoms with E-state index in [-0.39, 0.29) is 18.1 Å². The van der Waals surface area contributed by atoms with Crippen molar-refractivity contribution < 1.29 is 22.4 Å². The van der Waals surface area contributed by atoms with Crippen LogP contribution in [0.4, 0.5) is 10.1 Å². The van der Waals surface area contributed by atoms with Crippen LogP contribution in [0, 0.1) is 12.7 Å². The largest absolute Gasteiger partial charge is 0.357 e. The van der Waals surface area contributed by atoms with Crippen molar-refractivity contribution in [3.05, 3.63) is 65.5 Å². The van der Waals surface area contributed by atoms with Crippen molar-refractivity contribution in [1.82, 2.24) is 14.5 Å². The van der Waals surface area contributed by atoms with Gasteiger partial charge in [0.1, 0.15) is 18.4 Å². The summed E-state index contributed by atoms with van der Waals surface area (Å²) in [6, 6.07) is 12.0. The molecule has 0 heterocycles. The minimum atomic E-state index is -4.20. The third-order valence-corrected chi connectivity index (χ3v) is 7.05. The first kappa shape index (κ1) is 26.3. The van der Waals surface area contributed by atoms with Gasteiger partial charge in [-0.3, -0.25) is 9.59 Å². The van der Waals surface area contributed by atoms with Crippen LogP contribution in [0.1, 0.15) is 24.5 Å². The zero-order valence-corrected chi connectivity index (χ0v) is 20.4. The molecule has 1 unspecified atom stereocenters. The molecular formula is C23H31FN4O4S. The van der Waals surface area contributed by atoms with Crippen LogP contribution in [0.25, 0.3) is 0 Å². The number of nitrogens with one attached hydrogen (secondary N) is 1. The first-order chi connectivity index (χ1) is 15.5. The Balaban J connectivity index is 2.50. The lowest BCUT2D eigenvalue weighted by molar-refractivity contribution is -0.140. The standard InChI is InChI=1S/C23H31FN4O4S/c1-6-20(23(30)25-3)27(15-18-13-11-17(2)12-14-18)22(29)16-28(33(31,32)26(4)5)21-10-8-7-9-19(21)24/h7-14,20H,6,15-16H2,1-5H3,(H,25,30). The summed E-state index contributed by atoms with van der Waals surface area (Å²) in [5.41, 5.74) is 1.57. The van der Waals surface area contributed by atoms with Gasteiger partial charge in [0, 0.05) is 27.7 Å². The summed E-state index contributed by atoms with van der Waals surface area (Å²) in [6.45, 7) is 3.13. The Hall–Kier alpha value is -2.98. The van der Waals surface area contributed by atoms with Gasteiger partial charge in [0.05, 0.1) is 5.69 Å². The molecule has 0 saturated carbocycles. The molecule has 180 valence electrons. The van der Waals surface area contributed by atoms with Gasteiger partial charge in [-0.2, -0.15) is 12.7 Å². The van der Waals surface area contributed by atoms with Gasteiger partial charge in [-0.25, -0.2) is 8.70 Å².